The number of anilines is 1. The number of hydrazone groups is 1. The Kier molecular flexibility index (Phi) is 6.15. The Morgan fingerprint density at radius 3 is 2.50 bits per heavy atom. The molecule has 0 saturated heterocycles. The molecule has 1 N–H and O–H groups in total. The lowest BCUT2D eigenvalue weighted by atomic mass is 9.87. The van der Waals surface area contributed by atoms with Gasteiger partial charge in [-0.2, -0.15) is 5.10 Å². The number of aryl methyl sites for hydroxylation is 1. The first-order valence-electron chi connectivity index (χ1n) is 9.88. The topological polar surface area (TPSA) is 63.2 Å². The lowest BCUT2D eigenvalue weighted by Gasteiger charge is -2.41. The smallest absolute Gasteiger partial charge is 0.277 e. The fraction of sp³-hybridized carbons (Fsp3) is 0.333. The Bertz CT molecular complexity index is 992. The Morgan fingerprint density at radius 1 is 1.17 bits per heavy atom. The van der Waals surface area contributed by atoms with Gasteiger partial charge in [0.15, 0.2) is 6.61 Å². The number of nitrogens with one attached hydrogen (secondary N) is 1. The summed E-state index contributed by atoms with van der Waals surface area (Å²) in [6, 6.07) is 11.3. The normalized spacial score (nSPS) is 14.9. The van der Waals surface area contributed by atoms with E-state index in [0.29, 0.717) is 5.75 Å². The van der Waals surface area contributed by atoms with Gasteiger partial charge in [0.25, 0.3) is 5.91 Å². The van der Waals surface area contributed by atoms with E-state index < -0.39 is 0 Å². The summed E-state index contributed by atoms with van der Waals surface area (Å²) in [5.74, 6) is 1.00. The Hall–Kier alpha value is -3.28. The minimum atomic E-state index is -0.324. The van der Waals surface area contributed by atoms with Crippen molar-refractivity contribution in [2.24, 2.45) is 5.10 Å². The van der Waals surface area contributed by atoms with E-state index in [-0.39, 0.29) is 18.1 Å². The third-order valence-electron chi connectivity index (χ3n) is 5.43. The molecule has 0 aliphatic carbocycles. The number of amides is 1. The highest BCUT2D eigenvalue weighted by molar-refractivity contribution is 5.90. The molecule has 6 heteroatoms. The van der Waals surface area contributed by atoms with Crippen LogP contribution in [0.2, 0.25) is 0 Å². The van der Waals surface area contributed by atoms with Crippen LogP contribution in [-0.4, -0.2) is 38.4 Å². The van der Waals surface area contributed by atoms with Gasteiger partial charge in [-0.05, 0) is 80.8 Å². The third kappa shape index (κ3) is 4.64. The SMILES string of the molecule is COc1ccc(OCC(=O)N/N=C/c2cc3c(cc2C)N(C)C(C)(C)C=C3C)cc1. The van der Waals surface area contributed by atoms with Crippen molar-refractivity contribution < 1.29 is 14.3 Å². The summed E-state index contributed by atoms with van der Waals surface area (Å²) in [6.45, 7) is 8.46. The van der Waals surface area contributed by atoms with Crippen LogP contribution in [0.4, 0.5) is 5.69 Å². The minimum Gasteiger partial charge on any atom is -0.497 e. The van der Waals surface area contributed by atoms with E-state index in [9.17, 15) is 4.79 Å². The molecule has 158 valence electrons. The Balaban J connectivity index is 1.63. The molecule has 30 heavy (non-hydrogen) atoms. The van der Waals surface area contributed by atoms with Crippen LogP contribution >= 0.6 is 0 Å². The van der Waals surface area contributed by atoms with Gasteiger partial charge in [0, 0.05) is 18.3 Å². The van der Waals surface area contributed by atoms with E-state index >= 15 is 0 Å². The fourth-order valence-electron chi connectivity index (χ4n) is 3.48. The summed E-state index contributed by atoms with van der Waals surface area (Å²) in [7, 11) is 3.71. The highest BCUT2D eigenvalue weighted by atomic mass is 16.5. The van der Waals surface area contributed by atoms with Gasteiger partial charge >= 0.3 is 0 Å². The predicted octanol–water partition coefficient (Wildman–Crippen LogP) is 4.16. The zero-order valence-electron chi connectivity index (χ0n) is 18.4. The van der Waals surface area contributed by atoms with Crippen molar-refractivity contribution in [2.45, 2.75) is 33.2 Å². The van der Waals surface area contributed by atoms with E-state index in [4.69, 9.17) is 9.47 Å². The zero-order valence-corrected chi connectivity index (χ0v) is 18.4. The van der Waals surface area contributed by atoms with Crippen LogP contribution in [0.1, 0.15) is 37.5 Å². The molecule has 1 heterocycles. The van der Waals surface area contributed by atoms with Crippen molar-refractivity contribution in [3.63, 3.8) is 0 Å². The van der Waals surface area contributed by atoms with Crippen molar-refractivity contribution in [1.82, 2.24) is 5.43 Å². The molecule has 1 amide bonds. The number of benzene rings is 2. The number of methoxy groups -OCH3 is 1. The maximum absolute atomic E-state index is 12.0. The van der Waals surface area contributed by atoms with E-state index in [2.05, 4.69) is 61.5 Å². The molecule has 1 aliphatic heterocycles. The quantitative estimate of drug-likeness (QED) is 0.577. The summed E-state index contributed by atoms with van der Waals surface area (Å²) in [4.78, 5) is 14.3. The van der Waals surface area contributed by atoms with Crippen molar-refractivity contribution in [3.8, 4) is 11.5 Å². The molecule has 1 aliphatic rings. The lowest BCUT2D eigenvalue weighted by molar-refractivity contribution is -0.123. The number of likely N-dealkylation sites (N-methyl/N-ethyl adjacent to an activating group) is 1. The molecule has 6 nitrogen and oxygen atoms in total. The van der Waals surface area contributed by atoms with Gasteiger partial charge in [-0.25, -0.2) is 5.43 Å². The molecule has 0 spiro atoms. The maximum Gasteiger partial charge on any atom is 0.277 e. The van der Waals surface area contributed by atoms with Gasteiger partial charge in [0.05, 0.1) is 18.9 Å². The summed E-state index contributed by atoms with van der Waals surface area (Å²) >= 11 is 0. The standard InChI is InChI=1S/C24H29N3O3/c1-16-11-22-21(17(2)13-24(3,4)27(22)5)12-18(16)14-25-26-23(28)15-30-20-9-7-19(29-6)8-10-20/h7-14H,15H2,1-6H3,(H,26,28)/b25-14+. The average molecular weight is 408 g/mol. The van der Waals surface area contributed by atoms with Crippen LogP contribution < -0.4 is 19.8 Å². The largest absolute Gasteiger partial charge is 0.497 e. The van der Waals surface area contributed by atoms with Gasteiger partial charge in [-0.15, -0.1) is 0 Å². The molecular weight excluding hydrogens is 378 g/mol. The second kappa shape index (κ2) is 8.61. The van der Waals surface area contributed by atoms with Gasteiger partial charge in [0.1, 0.15) is 11.5 Å². The molecule has 0 saturated carbocycles. The predicted molar refractivity (Wildman–Crippen MR) is 122 cm³/mol. The van der Waals surface area contributed by atoms with Crippen molar-refractivity contribution in [3.05, 3.63) is 59.2 Å². The Labute approximate surface area is 178 Å². The fourth-order valence-corrected chi connectivity index (χ4v) is 3.48. The number of carbonyl (C=O) groups is 1. The number of carbonyl (C=O) groups excluding carboxylic acids is 1. The van der Waals surface area contributed by atoms with E-state index in [1.165, 1.54) is 16.8 Å². The second-order valence-electron chi connectivity index (χ2n) is 8.02. The van der Waals surface area contributed by atoms with Crippen LogP contribution in [0, 0.1) is 6.92 Å². The first-order chi connectivity index (χ1) is 14.2. The van der Waals surface area contributed by atoms with E-state index in [0.717, 1.165) is 16.9 Å². The zero-order chi connectivity index (χ0) is 21.9. The van der Waals surface area contributed by atoms with Crippen molar-refractivity contribution in [1.29, 1.82) is 0 Å². The van der Waals surface area contributed by atoms with E-state index in [1.54, 1.807) is 37.6 Å². The highest BCUT2D eigenvalue weighted by Gasteiger charge is 2.28. The number of nitrogens with zero attached hydrogens (tertiary/aromatic N) is 2. The van der Waals surface area contributed by atoms with Crippen molar-refractivity contribution in [2.75, 3.05) is 25.7 Å². The summed E-state index contributed by atoms with van der Waals surface area (Å²) in [5, 5.41) is 4.11. The third-order valence-corrected chi connectivity index (χ3v) is 5.43. The number of rotatable bonds is 6. The maximum atomic E-state index is 12.0. The molecule has 0 bridgehead atoms. The number of fused-ring (bicyclic) bond motifs is 1. The molecule has 0 atom stereocenters. The van der Waals surface area contributed by atoms with Gasteiger partial charge in [0.2, 0.25) is 0 Å². The average Bonchev–Trinajstić information content (AvgIpc) is 2.71. The van der Waals surface area contributed by atoms with Crippen LogP contribution in [0.3, 0.4) is 0 Å². The number of hydrogen-bond donors (Lipinski definition) is 1. The summed E-state index contributed by atoms with van der Waals surface area (Å²) in [6.07, 6.45) is 3.94. The van der Waals surface area contributed by atoms with Crippen molar-refractivity contribution >= 4 is 23.4 Å². The number of hydrogen-bond acceptors (Lipinski definition) is 5. The number of ether oxygens (including phenoxy) is 2. The van der Waals surface area contributed by atoms with E-state index in [1.807, 2.05) is 6.92 Å². The molecule has 2 aromatic carbocycles. The minimum absolute atomic E-state index is 0.0308. The lowest BCUT2D eigenvalue weighted by Crippen LogP contribution is -2.42. The Morgan fingerprint density at radius 2 is 1.83 bits per heavy atom. The monoisotopic (exact) mass is 407 g/mol. The van der Waals surface area contributed by atoms with Gasteiger partial charge in [-0.3, -0.25) is 4.79 Å². The van der Waals surface area contributed by atoms with Crippen LogP contribution in [-0.2, 0) is 4.79 Å². The van der Waals surface area contributed by atoms with Crippen LogP contribution in [0.5, 0.6) is 11.5 Å². The summed E-state index contributed by atoms with van der Waals surface area (Å²) < 4.78 is 10.6. The molecule has 0 radical (unpaired) electrons. The molecule has 3 rings (SSSR count). The molecule has 2 aromatic rings. The second-order valence-corrected chi connectivity index (χ2v) is 8.02. The first kappa shape index (κ1) is 21.4. The van der Waals surface area contributed by atoms with Crippen LogP contribution in [0.25, 0.3) is 5.57 Å². The highest BCUT2D eigenvalue weighted by Crippen LogP contribution is 2.38. The van der Waals surface area contributed by atoms with Gasteiger partial charge < -0.3 is 14.4 Å². The molecule has 0 unspecified atom stereocenters. The molecule has 0 aromatic heterocycles. The van der Waals surface area contributed by atoms with Crippen LogP contribution in [0.15, 0.2) is 47.6 Å². The number of allylic oxidation sites excluding steroid dienone is 1. The van der Waals surface area contributed by atoms with Gasteiger partial charge in [-0.1, -0.05) is 6.08 Å². The molecular formula is C24H29N3O3. The summed E-state index contributed by atoms with van der Waals surface area (Å²) in [5.41, 5.74) is 8.16. The molecule has 0 fully saturated rings. The first-order valence-corrected chi connectivity index (χ1v) is 9.88.